The minimum atomic E-state index is 0.498. The molecule has 2 unspecified atom stereocenters. The topological polar surface area (TPSA) is 24.9 Å². The van der Waals surface area contributed by atoms with Gasteiger partial charge >= 0.3 is 0 Å². The summed E-state index contributed by atoms with van der Waals surface area (Å²) in [4.78, 5) is 6.37. The van der Waals surface area contributed by atoms with Crippen LogP contribution in [0.3, 0.4) is 0 Å². The van der Waals surface area contributed by atoms with Crippen LogP contribution in [0.4, 0.5) is 0 Å². The van der Waals surface area contributed by atoms with E-state index >= 15 is 0 Å². The van der Waals surface area contributed by atoms with Gasteiger partial charge in [0.2, 0.25) is 0 Å². The van der Waals surface area contributed by atoms with Crippen LogP contribution in [-0.2, 0) is 12.2 Å². The third-order valence-electron chi connectivity index (χ3n) is 3.41. The quantitative estimate of drug-likeness (QED) is 0.881. The van der Waals surface area contributed by atoms with Crippen molar-refractivity contribution < 1.29 is 0 Å². The summed E-state index contributed by atoms with van der Waals surface area (Å²) in [6.07, 6.45) is 5.03. The summed E-state index contributed by atoms with van der Waals surface area (Å²) >= 11 is 3.96. The summed E-state index contributed by atoms with van der Waals surface area (Å²) in [5, 5.41) is 5.45. The van der Waals surface area contributed by atoms with Crippen LogP contribution in [0.2, 0.25) is 0 Å². The maximum Gasteiger partial charge on any atom is 0.103 e. The van der Waals surface area contributed by atoms with Crippen molar-refractivity contribution in [2.45, 2.75) is 56.6 Å². The van der Waals surface area contributed by atoms with Crippen LogP contribution in [0.1, 0.15) is 54.7 Å². The van der Waals surface area contributed by atoms with E-state index < -0.39 is 0 Å². The fraction of sp³-hybridized carbons (Fsp3) is 0.769. The Balaban J connectivity index is 2.03. The molecular weight excluding hydrogens is 248 g/mol. The molecule has 0 spiro atoms. The number of nitrogens with one attached hydrogen (secondary N) is 1. The van der Waals surface area contributed by atoms with Crippen molar-refractivity contribution in [3.8, 4) is 0 Å². The molecule has 0 aromatic carbocycles. The van der Waals surface area contributed by atoms with Crippen LogP contribution in [0.25, 0.3) is 0 Å². The Labute approximate surface area is 113 Å². The second-order valence-electron chi connectivity index (χ2n) is 4.68. The number of aryl methyl sites for hydroxylation is 1. The Morgan fingerprint density at radius 2 is 2.41 bits per heavy atom. The first kappa shape index (κ1) is 13.4. The third kappa shape index (κ3) is 3.24. The molecule has 2 rings (SSSR count). The molecule has 4 heteroatoms. The highest BCUT2D eigenvalue weighted by molar-refractivity contribution is 7.99. The van der Waals surface area contributed by atoms with E-state index in [2.05, 4.69) is 19.2 Å². The van der Waals surface area contributed by atoms with E-state index in [0.717, 1.165) is 11.0 Å². The van der Waals surface area contributed by atoms with Crippen molar-refractivity contribution in [3.63, 3.8) is 0 Å². The Bertz CT molecular complexity index is 362. The normalized spacial score (nSPS) is 21.2. The standard InChI is InChI=1S/C13H22N2S2/c1-4-9(2)16-8-12-15-13-10(14-3)6-5-7-11(13)17-12/h9-10,14H,4-8H2,1-3H3. The Morgan fingerprint density at radius 1 is 1.59 bits per heavy atom. The van der Waals surface area contributed by atoms with E-state index in [1.165, 1.54) is 41.3 Å². The molecule has 2 atom stereocenters. The minimum Gasteiger partial charge on any atom is -0.312 e. The highest BCUT2D eigenvalue weighted by Gasteiger charge is 2.23. The third-order valence-corrected chi connectivity index (χ3v) is 6.07. The monoisotopic (exact) mass is 270 g/mol. The summed E-state index contributed by atoms with van der Waals surface area (Å²) in [6.45, 7) is 4.55. The zero-order valence-corrected chi connectivity index (χ0v) is 12.6. The van der Waals surface area contributed by atoms with Crippen LogP contribution in [0.15, 0.2) is 0 Å². The molecule has 1 aromatic heterocycles. The summed E-state index contributed by atoms with van der Waals surface area (Å²) in [7, 11) is 2.05. The van der Waals surface area contributed by atoms with Gasteiger partial charge in [-0.05, 0) is 32.7 Å². The average molecular weight is 270 g/mol. The predicted molar refractivity (Wildman–Crippen MR) is 77.9 cm³/mol. The van der Waals surface area contributed by atoms with Gasteiger partial charge in [-0.2, -0.15) is 11.8 Å². The first-order valence-corrected chi connectivity index (χ1v) is 8.38. The lowest BCUT2D eigenvalue weighted by Crippen LogP contribution is -2.21. The first-order valence-electron chi connectivity index (χ1n) is 6.52. The maximum atomic E-state index is 4.84. The van der Waals surface area contributed by atoms with E-state index in [0.29, 0.717) is 6.04 Å². The summed E-state index contributed by atoms with van der Waals surface area (Å²) < 4.78 is 0. The van der Waals surface area contributed by atoms with Gasteiger partial charge < -0.3 is 5.32 Å². The van der Waals surface area contributed by atoms with Crippen molar-refractivity contribution in [2.75, 3.05) is 7.05 Å². The Hall–Kier alpha value is -0.0600. The molecule has 0 radical (unpaired) electrons. The summed E-state index contributed by atoms with van der Waals surface area (Å²) in [5.41, 5.74) is 1.34. The number of thioether (sulfide) groups is 1. The van der Waals surface area contributed by atoms with E-state index in [1.54, 1.807) is 0 Å². The van der Waals surface area contributed by atoms with Gasteiger partial charge in [-0.25, -0.2) is 4.98 Å². The molecule has 1 heterocycles. The molecule has 1 aromatic rings. The number of aromatic nitrogens is 1. The molecule has 0 fully saturated rings. The molecule has 1 aliphatic carbocycles. The maximum absolute atomic E-state index is 4.84. The van der Waals surface area contributed by atoms with E-state index in [-0.39, 0.29) is 0 Å². The van der Waals surface area contributed by atoms with Crippen LogP contribution >= 0.6 is 23.1 Å². The molecule has 0 bridgehead atoms. The van der Waals surface area contributed by atoms with Crippen molar-refractivity contribution in [1.29, 1.82) is 0 Å². The van der Waals surface area contributed by atoms with E-state index in [4.69, 9.17) is 4.98 Å². The van der Waals surface area contributed by atoms with Crippen molar-refractivity contribution >= 4 is 23.1 Å². The largest absolute Gasteiger partial charge is 0.312 e. The first-order chi connectivity index (χ1) is 8.24. The Kier molecular flexibility index (Phi) is 4.88. The highest BCUT2D eigenvalue weighted by atomic mass is 32.2. The molecule has 17 heavy (non-hydrogen) atoms. The van der Waals surface area contributed by atoms with Crippen LogP contribution in [0.5, 0.6) is 0 Å². The number of fused-ring (bicyclic) bond motifs is 1. The fourth-order valence-corrected chi connectivity index (χ4v) is 4.28. The van der Waals surface area contributed by atoms with Gasteiger partial charge in [-0.3, -0.25) is 0 Å². The van der Waals surface area contributed by atoms with Gasteiger partial charge in [0.1, 0.15) is 5.01 Å². The lowest BCUT2D eigenvalue weighted by molar-refractivity contribution is 0.489. The van der Waals surface area contributed by atoms with Gasteiger partial charge in [-0.1, -0.05) is 13.8 Å². The molecule has 0 amide bonds. The second-order valence-corrected chi connectivity index (χ2v) is 7.27. The SMILES string of the molecule is CCC(C)SCc1nc2c(s1)CCCC2NC. The van der Waals surface area contributed by atoms with Crippen LogP contribution in [-0.4, -0.2) is 17.3 Å². The van der Waals surface area contributed by atoms with Gasteiger partial charge in [-0.15, -0.1) is 11.3 Å². The van der Waals surface area contributed by atoms with Gasteiger partial charge in [0.15, 0.2) is 0 Å². The minimum absolute atomic E-state index is 0.498. The van der Waals surface area contributed by atoms with Crippen LogP contribution in [0, 0.1) is 0 Å². The molecule has 1 aliphatic rings. The second kappa shape index (κ2) is 6.21. The number of hydrogen-bond acceptors (Lipinski definition) is 4. The summed E-state index contributed by atoms with van der Waals surface area (Å²) in [6, 6.07) is 0.498. The lowest BCUT2D eigenvalue weighted by Gasteiger charge is -2.19. The molecule has 0 saturated carbocycles. The van der Waals surface area contributed by atoms with Gasteiger partial charge in [0, 0.05) is 15.9 Å². The molecular formula is C13H22N2S2. The molecule has 0 saturated heterocycles. The zero-order valence-electron chi connectivity index (χ0n) is 11.0. The number of thiazole rings is 1. The zero-order chi connectivity index (χ0) is 12.3. The fourth-order valence-electron chi connectivity index (χ4n) is 2.14. The average Bonchev–Trinajstić information content (AvgIpc) is 2.78. The predicted octanol–water partition coefficient (Wildman–Crippen LogP) is 3.77. The van der Waals surface area contributed by atoms with Crippen molar-refractivity contribution in [3.05, 3.63) is 15.6 Å². The molecule has 1 N–H and O–H groups in total. The highest BCUT2D eigenvalue weighted by Crippen LogP contribution is 2.34. The summed E-state index contributed by atoms with van der Waals surface area (Å²) in [5.74, 6) is 1.09. The smallest absolute Gasteiger partial charge is 0.103 e. The van der Waals surface area contributed by atoms with Crippen molar-refractivity contribution in [2.24, 2.45) is 0 Å². The van der Waals surface area contributed by atoms with Gasteiger partial charge in [0.25, 0.3) is 0 Å². The lowest BCUT2D eigenvalue weighted by atomic mass is 9.98. The number of nitrogens with zero attached hydrogens (tertiary/aromatic N) is 1. The number of hydrogen-bond donors (Lipinski definition) is 1. The van der Waals surface area contributed by atoms with E-state index in [9.17, 15) is 0 Å². The van der Waals surface area contributed by atoms with E-state index in [1.807, 2.05) is 30.1 Å². The number of rotatable bonds is 5. The molecule has 96 valence electrons. The molecule has 2 nitrogen and oxygen atoms in total. The van der Waals surface area contributed by atoms with Crippen LogP contribution < -0.4 is 5.32 Å². The Morgan fingerprint density at radius 3 is 3.12 bits per heavy atom. The molecule has 0 aliphatic heterocycles. The van der Waals surface area contributed by atoms with Crippen molar-refractivity contribution in [1.82, 2.24) is 10.3 Å². The van der Waals surface area contributed by atoms with Gasteiger partial charge in [0.05, 0.1) is 11.7 Å².